The highest BCUT2D eigenvalue weighted by atomic mass is 16.1. The molecule has 0 spiro atoms. The molecule has 0 aromatic heterocycles. The second-order valence-corrected chi connectivity index (χ2v) is 5.38. The highest BCUT2D eigenvalue weighted by molar-refractivity contribution is 6.12. The van der Waals surface area contributed by atoms with Gasteiger partial charge in [0.25, 0.3) is 0 Å². The summed E-state index contributed by atoms with van der Waals surface area (Å²) in [7, 11) is 0. The SMILES string of the molecule is C/C=C/C(=O)C1=C(C)C(=O)CCC1(C)C.CCC. The molecule has 0 aliphatic heterocycles. The molecule has 0 saturated carbocycles. The van der Waals surface area contributed by atoms with Gasteiger partial charge in [-0.25, -0.2) is 0 Å². The fourth-order valence-corrected chi connectivity index (χ4v) is 2.14. The van der Waals surface area contributed by atoms with Gasteiger partial charge in [-0.2, -0.15) is 0 Å². The van der Waals surface area contributed by atoms with Crippen LogP contribution in [-0.2, 0) is 9.59 Å². The van der Waals surface area contributed by atoms with E-state index < -0.39 is 0 Å². The van der Waals surface area contributed by atoms with E-state index in [1.165, 1.54) is 6.42 Å². The molecule has 18 heavy (non-hydrogen) atoms. The van der Waals surface area contributed by atoms with Gasteiger partial charge in [-0.3, -0.25) is 9.59 Å². The first-order chi connectivity index (χ1) is 8.31. The monoisotopic (exact) mass is 250 g/mol. The lowest BCUT2D eigenvalue weighted by molar-refractivity contribution is -0.119. The van der Waals surface area contributed by atoms with Gasteiger partial charge in [-0.1, -0.05) is 40.2 Å². The van der Waals surface area contributed by atoms with Gasteiger partial charge >= 0.3 is 0 Å². The number of ketones is 2. The molecule has 2 heteroatoms. The van der Waals surface area contributed by atoms with Crippen LogP contribution in [0.3, 0.4) is 0 Å². The average Bonchev–Trinajstić information content (AvgIpc) is 2.25. The molecule has 2 nitrogen and oxygen atoms in total. The molecule has 0 saturated heterocycles. The van der Waals surface area contributed by atoms with E-state index in [-0.39, 0.29) is 17.0 Å². The minimum Gasteiger partial charge on any atom is -0.295 e. The third kappa shape index (κ3) is 4.25. The van der Waals surface area contributed by atoms with Crippen LogP contribution in [-0.4, -0.2) is 11.6 Å². The highest BCUT2D eigenvalue weighted by Crippen LogP contribution is 2.39. The first-order valence-electron chi connectivity index (χ1n) is 6.73. The summed E-state index contributed by atoms with van der Waals surface area (Å²) in [6.07, 6.45) is 5.84. The average molecular weight is 250 g/mol. The molecule has 0 N–H and O–H groups in total. The topological polar surface area (TPSA) is 34.1 Å². The summed E-state index contributed by atoms with van der Waals surface area (Å²) in [5.41, 5.74) is 1.17. The van der Waals surface area contributed by atoms with Crippen LogP contribution in [0.2, 0.25) is 0 Å². The predicted molar refractivity (Wildman–Crippen MR) is 76.5 cm³/mol. The van der Waals surface area contributed by atoms with Crippen LogP contribution >= 0.6 is 0 Å². The molecule has 1 aliphatic rings. The third-order valence-electron chi connectivity index (χ3n) is 3.01. The zero-order chi connectivity index (χ0) is 14.3. The zero-order valence-electron chi connectivity index (χ0n) is 12.6. The molecule has 102 valence electrons. The van der Waals surface area contributed by atoms with Crippen molar-refractivity contribution in [1.82, 2.24) is 0 Å². The normalized spacial score (nSPS) is 18.7. The molecule has 0 radical (unpaired) electrons. The van der Waals surface area contributed by atoms with Crippen LogP contribution in [0.25, 0.3) is 0 Å². The lowest BCUT2D eigenvalue weighted by Gasteiger charge is -2.32. The lowest BCUT2D eigenvalue weighted by Crippen LogP contribution is -2.29. The molecule has 0 unspecified atom stereocenters. The Bertz CT molecular complexity index is 371. The second kappa shape index (κ2) is 7.30. The minimum absolute atomic E-state index is 0.0203. The van der Waals surface area contributed by atoms with Crippen LogP contribution in [0.4, 0.5) is 0 Å². The van der Waals surface area contributed by atoms with Crippen molar-refractivity contribution in [2.45, 2.75) is 60.8 Å². The maximum absolute atomic E-state index is 11.9. The van der Waals surface area contributed by atoms with E-state index in [1.807, 2.05) is 20.8 Å². The Morgan fingerprint density at radius 3 is 2.28 bits per heavy atom. The van der Waals surface area contributed by atoms with Crippen LogP contribution in [0, 0.1) is 5.41 Å². The van der Waals surface area contributed by atoms with Crippen molar-refractivity contribution in [1.29, 1.82) is 0 Å². The molecule has 0 amide bonds. The summed E-state index contributed by atoms with van der Waals surface area (Å²) in [6.45, 7) is 11.9. The van der Waals surface area contributed by atoms with Gasteiger partial charge in [-0.05, 0) is 37.3 Å². The number of allylic oxidation sites excluding steroid dienone is 4. The Morgan fingerprint density at radius 1 is 1.33 bits per heavy atom. The Balaban J connectivity index is 0.000000873. The maximum atomic E-state index is 11.9. The lowest BCUT2D eigenvalue weighted by atomic mass is 9.71. The van der Waals surface area contributed by atoms with Gasteiger partial charge in [0.05, 0.1) is 0 Å². The van der Waals surface area contributed by atoms with E-state index in [4.69, 9.17) is 0 Å². The van der Waals surface area contributed by atoms with E-state index in [2.05, 4.69) is 13.8 Å². The summed E-state index contributed by atoms with van der Waals surface area (Å²) in [5, 5.41) is 0. The minimum atomic E-state index is -0.172. The molecule has 0 bridgehead atoms. The van der Waals surface area contributed by atoms with Gasteiger partial charge in [0.1, 0.15) is 0 Å². The van der Waals surface area contributed by atoms with E-state index in [9.17, 15) is 9.59 Å². The van der Waals surface area contributed by atoms with Gasteiger partial charge in [0.2, 0.25) is 0 Å². The first-order valence-corrected chi connectivity index (χ1v) is 6.73. The second-order valence-electron chi connectivity index (χ2n) is 5.38. The zero-order valence-corrected chi connectivity index (χ0v) is 12.6. The van der Waals surface area contributed by atoms with Gasteiger partial charge in [0, 0.05) is 12.0 Å². The summed E-state index contributed by atoms with van der Waals surface area (Å²) in [6, 6.07) is 0. The fraction of sp³-hybridized carbons (Fsp3) is 0.625. The Labute approximate surface area is 111 Å². The first kappa shape index (κ1) is 16.8. The van der Waals surface area contributed by atoms with Crippen LogP contribution in [0.5, 0.6) is 0 Å². The van der Waals surface area contributed by atoms with Crippen molar-refractivity contribution in [2.75, 3.05) is 0 Å². The maximum Gasteiger partial charge on any atom is 0.182 e. The highest BCUT2D eigenvalue weighted by Gasteiger charge is 2.35. The van der Waals surface area contributed by atoms with Gasteiger partial charge in [0.15, 0.2) is 11.6 Å². The van der Waals surface area contributed by atoms with Gasteiger partial charge in [-0.15, -0.1) is 0 Å². The largest absolute Gasteiger partial charge is 0.295 e. The van der Waals surface area contributed by atoms with Crippen molar-refractivity contribution in [3.05, 3.63) is 23.3 Å². The molecule has 0 heterocycles. The molecule has 1 aliphatic carbocycles. The molecule has 1 rings (SSSR count). The predicted octanol–water partition coefficient (Wildman–Crippen LogP) is 4.25. The number of Topliss-reactive ketones (excluding diaryl/α,β-unsaturated/α-hetero) is 1. The van der Waals surface area contributed by atoms with Crippen LogP contribution in [0.15, 0.2) is 23.3 Å². The van der Waals surface area contributed by atoms with Crippen molar-refractivity contribution >= 4 is 11.6 Å². The molecular weight excluding hydrogens is 224 g/mol. The van der Waals surface area contributed by atoms with Crippen molar-refractivity contribution < 1.29 is 9.59 Å². The van der Waals surface area contributed by atoms with Gasteiger partial charge < -0.3 is 0 Å². The Morgan fingerprint density at radius 2 is 1.83 bits per heavy atom. The molecule has 0 aromatic carbocycles. The number of hydrogen-bond acceptors (Lipinski definition) is 2. The summed E-state index contributed by atoms with van der Waals surface area (Å²) in [5.74, 6) is 0.0928. The van der Waals surface area contributed by atoms with E-state index in [1.54, 1.807) is 19.1 Å². The van der Waals surface area contributed by atoms with Crippen LogP contribution in [0.1, 0.15) is 60.8 Å². The number of carbonyl (C=O) groups excluding carboxylic acids is 2. The third-order valence-corrected chi connectivity index (χ3v) is 3.01. The standard InChI is InChI=1S/C13H18O2.C3H8/c1-5-6-11(15)12-9(2)10(14)7-8-13(12,3)4;1-3-2/h5-6H,7-8H2,1-4H3;3H2,1-2H3/b6-5+;. The number of carbonyl (C=O) groups is 2. The fourth-order valence-electron chi connectivity index (χ4n) is 2.14. The molecule has 0 atom stereocenters. The summed E-state index contributed by atoms with van der Waals surface area (Å²) in [4.78, 5) is 23.4. The summed E-state index contributed by atoms with van der Waals surface area (Å²) < 4.78 is 0. The van der Waals surface area contributed by atoms with E-state index in [0.29, 0.717) is 17.6 Å². The van der Waals surface area contributed by atoms with Crippen LogP contribution < -0.4 is 0 Å². The van der Waals surface area contributed by atoms with Crippen molar-refractivity contribution in [3.63, 3.8) is 0 Å². The Kier molecular flexibility index (Phi) is 6.82. The van der Waals surface area contributed by atoms with Crippen molar-refractivity contribution in [3.8, 4) is 0 Å². The quantitative estimate of drug-likeness (QED) is 0.686. The Hall–Kier alpha value is -1.18. The van der Waals surface area contributed by atoms with E-state index >= 15 is 0 Å². The molecule has 0 fully saturated rings. The smallest absolute Gasteiger partial charge is 0.182 e. The number of rotatable bonds is 2. The summed E-state index contributed by atoms with van der Waals surface area (Å²) >= 11 is 0. The van der Waals surface area contributed by atoms with E-state index in [0.717, 1.165) is 6.42 Å². The number of hydrogen-bond donors (Lipinski definition) is 0. The molecule has 0 aromatic rings. The van der Waals surface area contributed by atoms with Crippen molar-refractivity contribution in [2.24, 2.45) is 5.41 Å². The molecular formula is C16H26O2.